The molecule has 32 heavy (non-hydrogen) atoms. The summed E-state index contributed by atoms with van der Waals surface area (Å²) in [7, 11) is 0. The molecule has 0 aliphatic carbocycles. The largest absolute Gasteiger partial charge is 0.463 e. The lowest BCUT2D eigenvalue weighted by atomic mass is 10.0. The summed E-state index contributed by atoms with van der Waals surface area (Å²) in [6.07, 6.45) is 21.5. The molecule has 4 nitrogen and oxygen atoms in total. The van der Waals surface area contributed by atoms with Gasteiger partial charge in [0.1, 0.15) is 0 Å². The van der Waals surface area contributed by atoms with Gasteiger partial charge in [-0.05, 0) is 33.3 Å². The maximum Gasteiger partial charge on any atom is 0.330 e. The number of carbonyl (C=O) groups excluding carboxylic acids is 2. The van der Waals surface area contributed by atoms with Gasteiger partial charge >= 0.3 is 5.97 Å². The van der Waals surface area contributed by atoms with Gasteiger partial charge in [-0.2, -0.15) is 0 Å². The highest BCUT2D eigenvalue weighted by Gasteiger charge is 2.21. The Bertz CT molecular complexity index is 475. The van der Waals surface area contributed by atoms with Crippen molar-refractivity contribution >= 4 is 11.8 Å². The Morgan fingerprint density at radius 2 is 1.06 bits per heavy atom. The molecule has 0 rings (SSSR count). The van der Waals surface area contributed by atoms with Crippen LogP contribution in [-0.4, -0.2) is 49.0 Å². The SMILES string of the molecule is CCCCCCCCCCCCCCCCOC(=O)/C=C\C(=O)CC[N+](CC)(CC)CC. The zero-order chi connectivity index (χ0) is 23.9. The summed E-state index contributed by atoms with van der Waals surface area (Å²) in [5, 5.41) is 0. The molecule has 0 aromatic heterocycles. The number of ether oxygens (including phenoxy) is 1. The second-order valence-electron chi connectivity index (χ2n) is 9.33. The Kier molecular flexibility index (Phi) is 20.9. The molecular formula is C28H54NO3+. The first-order valence-electron chi connectivity index (χ1n) is 13.8. The normalized spacial score (nSPS) is 11.9. The standard InChI is InChI=1S/C28H54NO3/c1-5-9-10-11-12-13-14-15-16-17-18-19-20-21-26-32-28(31)23-22-27(30)24-25-29(6-2,7-3)8-4/h22-23H,5-21,24-26H2,1-4H3/q+1/b23-22-. The highest BCUT2D eigenvalue weighted by molar-refractivity contribution is 5.95. The molecule has 0 bridgehead atoms. The van der Waals surface area contributed by atoms with Crippen LogP contribution in [0.5, 0.6) is 0 Å². The van der Waals surface area contributed by atoms with Crippen LogP contribution in [-0.2, 0) is 14.3 Å². The molecule has 0 fully saturated rings. The minimum atomic E-state index is -0.393. The van der Waals surface area contributed by atoms with Gasteiger partial charge in [0.2, 0.25) is 0 Å². The number of carbonyl (C=O) groups is 2. The fourth-order valence-electron chi connectivity index (χ4n) is 4.25. The third kappa shape index (κ3) is 17.4. The van der Waals surface area contributed by atoms with Crippen LogP contribution in [0.1, 0.15) is 124 Å². The molecule has 0 aliphatic rings. The van der Waals surface area contributed by atoms with Gasteiger partial charge in [-0.15, -0.1) is 0 Å². The van der Waals surface area contributed by atoms with Crippen LogP contribution in [0.4, 0.5) is 0 Å². The number of esters is 1. The van der Waals surface area contributed by atoms with Crippen molar-refractivity contribution in [2.24, 2.45) is 0 Å². The molecule has 0 N–H and O–H groups in total. The molecule has 0 heterocycles. The van der Waals surface area contributed by atoms with Crippen molar-refractivity contribution in [2.45, 2.75) is 124 Å². The summed E-state index contributed by atoms with van der Waals surface area (Å²) in [5.74, 6) is -0.383. The molecule has 188 valence electrons. The van der Waals surface area contributed by atoms with Gasteiger partial charge in [-0.1, -0.05) is 90.4 Å². The van der Waals surface area contributed by atoms with Gasteiger partial charge in [-0.3, -0.25) is 4.79 Å². The van der Waals surface area contributed by atoms with Gasteiger partial charge in [0, 0.05) is 6.08 Å². The topological polar surface area (TPSA) is 43.4 Å². The fraction of sp³-hybridized carbons (Fsp3) is 0.857. The van der Waals surface area contributed by atoms with E-state index in [1.165, 1.54) is 89.2 Å². The molecule has 0 amide bonds. The number of hydrogen-bond acceptors (Lipinski definition) is 3. The first kappa shape index (κ1) is 30.8. The van der Waals surface area contributed by atoms with E-state index in [-0.39, 0.29) is 5.78 Å². The predicted octanol–water partition coefficient (Wildman–Crippen LogP) is 7.40. The van der Waals surface area contributed by atoms with E-state index in [1.54, 1.807) is 0 Å². The van der Waals surface area contributed by atoms with Gasteiger partial charge in [0.15, 0.2) is 5.78 Å². The van der Waals surface area contributed by atoms with Crippen LogP contribution < -0.4 is 0 Å². The van der Waals surface area contributed by atoms with Gasteiger partial charge < -0.3 is 9.22 Å². The van der Waals surface area contributed by atoms with Crippen LogP contribution in [0.3, 0.4) is 0 Å². The Hall–Kier alpha value is -1.16. The first-order valence-corrected chi connectivity index (χ1v) is 13.8. The van der Waals surface area contributed by atoms with Crippen molar-refractivity contribution in [2.75, 3.05) is 32.8 Å². The molecule has 0 radical (unpaired) electrons. The number of quaternary nitrogens is 1. The lowest BCUT2D eigenvalue weighted by Gasteiger charge is -2.35. The average Bonchev–Trinajstić information content (AvgIpc) is 2.81. The van der Waals surface area contributed by atoms with Crippen molar-refractivity contribution < 1.29 is 18.8 Å². The van der Waals surface area contributed by atoms with Crippen molar-refractivity contribution in [1.82, 2.24) is 0 Å². The molecule has 0 spiro atoms. The zero-order valence-corrected chi connectivity index (χ0v) is 22.0. The van der Waals surface area contributed by atoms with Crippen LogP contribution in [0.15, 0.2) is 12.2 Å². The summed E-state index contributed by atoms with van der Waals surface area (Å²) in [4.78, 5) is 23.8. The molecule has 0 atom stereocenters. The summed E-state index contributed by atoms with van der Waals surface area (Å²) in [5.41, 5.74) is 0. The maximum absolute atomic E-state index is 12.1. The van der Waals surface area contributed by atoms with Crippen LogP contribution in [0.2, 0.25) is 0 Å². The molecule has 0 unspecified atom stereocenters. The Balaban J connectivity index is 3.57. The van der Waals surface area contributed by atoms with Crippen molar-refractivity contribution in [3.8, 4) is 0 Å². The van der Waals surface area contributed by atoms with E-state index < -0.39 is 5.97 Å². The summed E-state index contributed by atoms with van der Waals surface area (Å²) < 4.78 is 6.17. The number of hydrogen-bond donors (Lipinski definition) is 0. The highest BCUT2D eigenvalue weighted by atomic mass is 16.5. The Labute approximate surface area is 199 Å². The van der Waals surface area contributed by atoms with E-state index in [9.17, 15) is 9.59 Å². The summed E-state index contributed by atoms with van der Waals surface area (Å²) >= 11 is 0. The third-order valence-corrected chi connectivity index (χ3v) is 6.99. The van der Waals surface area contributed by atoms with Crippen molar-refractivity contribution in [3.63, 3.8) is 0 Å². The number of rotatable bonds is 23. The molecule has 0 aliphatic heterocycles. The van der Waals surface area contributed by atoms with E-state index in [2.05, 4.69) is 27.7 Å². The number of allylic oxidation sites excluding steroid dienone is 1. The lowest BCUT2D eigenvalue weighted by Crippen LogP contribution is -2.48. The van der Waals surface area contributed by atoms with E-state index in [1.807, 2.05) is 0 Å². The predicted molar refractivity (Wildman–Crippen MR) is 137 cm³/mol. The number of unbranched alkanes of at least 4 members (excludes halogenated alkanes) is 13. The first-order chi connectivity index (χ1) is 15.5. The average molecular weight is 453 g/mol. The zero-order valence-electron chi connectivity index (χ0n) is 22.0. The minimum absolute atomic E-state index is 0.0105. The number of nitrogens with zero attached hydrogens (tertiary/aromatic N) is 1. The monoisotopic (exact) mass is 452 g/mol. The van der Waals surface area contributed by atoms with Crippen LogP contribution in [0, 0.1) is 0 Å². The molecule has 0 aromatic carbocycles. The number of ketones is 1. The molecule has 0 saturated heterocycles. The van der Waals surface area contributed by atoms with Gasteiger partial charge in [0.25, 0.3) is 0 Å². The van der Waals surface area contributed by atoms with E-state index >= 15 is 0 Å². The smallest absolute Gasteiger partial charge is 0.330 e. The lowest BCUT2D eigenvalue weighted by molar-refractivity contribution is -0.922. The second kappa shape index (κ2) is 21.7. The molecular weight excluding hydrogens is 398 g/mol. The van der Waals surface area contributed by atoms with Crippen LogP contribution >= 0.6 is 0 Å². The molecule has 4 heteroatoms. The van der Waals surface area contributed by atoms with E-state index in [0.29, 0.717) is 13.0 Å². The highest BCUT2D eigenvalue weighted by Crippen LogP contribution is 2.13. The van der Waals surface area contributed by atoms with E-state index in [0.717, 1.165) is 43.5 Å². The Morgan fingerprint density at radius 1 is 0.625 bits per heavy atom. The maximum atomic E-state index is 12.1. The summed E-state index contributed by atoms with van der Waals surface area (Å²) in [6.45, 7) is 13.2. The Morgan fingerprint density at radius 3 is 1.50 bits per heavy atom. The third-order valence-electron chi connectivity index (χ3n) is 6.99. The van der Waals surface area contributed by atoms with Gasteiger partial charge in [0.05, 0.1) is 39.2 Å². The minimum Gasteiger partial charge on any atom is -0.463 e. The second-order valence-corrected chi connectivity index (χ2v) is 9.33. The quantitative estimate of drug-likeness (QED) is 0.0702. The van der Waals surface area contributed by atoms with Gasteiger partial charge in [-0.25, -0.2) is 4.79 Å². The fourth-order valence-corrected chi connectivity index (χ4v) is 4.25. The molecule has 0 aromatic rings. The van der Waals surface area contributed by atoms with Crippen molar-refractivity contribution in [3.05, 3.63) is 12.2 Å². The summed E-state index contributed by atoms with van der Waals surface area (Å²) in [6, 6.07) is 0. The van der Waals surface area contributed by atoms with Crippen molar-refractivity contribution in [1.29, 1.82) is 0 Å². The van der Waals surface area contributed by atoms with E-state index in [4.69, 9.17) is 4.74 Å². The molecule has 0 saturated carbocycles. The van der Waals surface area contributed by atoms with Crippen LogP contribution in [0.25, 0.3) is 0 Å².